The smallest absolute Gasteiger partial charge is 0.223 e. The van der Waals surface area contributed by atoms with Gasteiger partial charge in [-0.1, -0.05) is 6.07 Å². The normalized spacial score (nSPS) is 12.9. The number of hydrogen-bond donors (Lipinski definition) is 2. The molecule has 4 heteroatoms. The maximum absolute atomic E-state index is 11.8. The highest BCUT2D eigenvalue weighted by Crippen LogP contribution is 2.16. The maximum Gasteiger partial charge on any atom is 0.223 e. The third kappa shape index (κ3) is 5.21. The fraction of sp³-hybridized carbons (Fsp3) is 0.562. The predicted molar refractivity (Wildman–Crippen MR) is 79.9 cm³/mol. The molecule has 0 aliphatic heterocycles. The lowest BCUT2D eigenvalue weighted by molar-refractivity contribution is -0.124. The van der Waals surface area contributed by atoms with Gasteiger partial charge in [-0.25, -0.2) is 0 Å². The molecule has 0 spiro atoms. The van der Waals surface area contributed by atoms with Crippen LogP contribution in [0.15, 0.2) is 18.2 Å². The van der Waals surface area contributed by atoms with Crippen molar-refractivity contribution in [2.24, 2.45) is 0 Å². The SMILES string of the molecule is Cc1cc(C)cc(OCCC(=O)NC(C)(C)C(C)O)c1. The number of aryl methyl sites for hydroxylation is 2. The average molecular weight is 279 g/mol. The van der Waals surface area contributed by atoms with E-state index in [2.05, 4.69) is 11.4 Å². The summed E-state index contributed by atoms with van der Waals surface area (Å²) in [5.74, 6) is 0.658. The first-order chi connectivity index (χ1) is 9.20. The van der Waals surface area contributed by atoms with Gasteiger partial charge < -0.3 is 15.2 Å². The molecule has 1 unspecified atom stereocenters. The van der Waals surface area contributed by atoms with Gasteiger partial charge in [0.15, 0.2) is 0 Å². The highest BCUT2D eigenvalue weighted by Gasteiger charge is 2.25. The van der Waals surface area contributed by atoms with Crippen LogP contribution in [0.25, 0.3) is 0 Å². The van der Waals surface area contributed by atoms with Crippen LogP contribution in [0.2, 0.25) is 0 Å². The maximum atomic E-state index is 11.8. The van der Waals surface area contributed by atoms with E-state index in [1.54, 1.807) is 20.8 Å². The monoisotopic (exact) mass is 279 g/mol. The molecule has 0 saturated carbocycles. The summed E-state index contributed by atoms with van der Waals surface area (Å²) in [6.07, 6.45) is -0.338. The third-order valence-corrected chi connectivity index (χ3v) is 3.30. The number of aliphatic hydroxyl groups is 1. The number of aliphatic hydroxyl groups excluding tert-OH is 1. The number of hydrogen-bond acceptors (Lipinski definition) is 3. The molecule has 1 aromatic rings. The van der Waals surface area contributed by atoms with Crippen LogP contribution in [0.1, 0.15) is 38.3 Å². The minimum atomic E-state index is -0.628. The van der Waals surface area contributed by atoms with Crippen molar-refractivity contribution in [3.05, 3.63) is 29.3 Å². The molecule has 4 nitrogen and oxygen atoms in total. The molecule has 1 rings (SSSR count). The number of nitrogens with one attached hydrogen (secondary N) is 1. The zero-order valence-corrected chi connectivity index (χ0v) is 13.0. The molecule has 0 saturated heterocycles. The highest BCUT2D eigenvalue weighted by atomic mass is 16.5. The average Bonchev–Trinajstić information content (AvgIpc) is 2.26. The van der Waals surface area contributed by atoms with Gasteiger partial charge >= 0.3 is 0 Å². The van der Waals surface area contributed by atoms with Gasteiger partial charge in [-0.2, -0.15) is 0 Å². The Kier molecular flexibility index (Phi) is 5.57. The summed E-state index contributed by atoms with van der Waals surface area (Å²) in [7, 11) is 0. The van der Waals surface area contributed by atoms with E-state index in [9.17, 15) is 9.90 Å². The molecule has 0 aliphatic rings. The quantitative estimate of drug-likeness (QED) is 0.840. The largest absolute Gasteiger partial charge is 0.493 e. The number of amides is 1. The molecular formula is C16H25NO3. The molecule has 0 heterocycles. The molecule has 20 heavy (non-hydrogen) atoms. The summed E-state index contributed by atoms with van der Waals surface area (Å²) < 4.78 is 5.59. The Bertz CT molecular complexity index is 447. The first-order valence-electron chi connectivity index (χ1n) is 6.91. The molecule has 0 radical (unpaired) electrons. The Labute approximate surface area is 121 Å². The van der Waals surface area contributed by atoms with Gasteiger partial charge in [-0.05, 0) is 57.9 Å². The molecular weight excluding hydrogens is 254 g/mol. The van der Waals surface area contributed by atoms with E-state index in [1.807, 2.05) is 26.0 Å². The highest BCUT2D eigenvalue weighted by molar-refractivity contribution is 5.76. The molecule has 0 aliphatic carbocycles. The summed E-state index contributed by atoms with van der Waals surface area (Å²) >= 11 is 0. The van der Waals surface area contributed by atoms with Crippen LogP contribution < -0.4 is 10.1 Å². The minimum Gasteiger partial charge on any atom is -0.493 e. The predicted octanol–water partition coefficient (Wildman–Crippen LogP) is 2.35. The Morgan fingerprint density at radius 3 is 2.35 bits per heavy atom. The lowest BCUT2D eigenvalue weighted by atomic mass is 9.99. The molecule has 1 amide bonds. The molecule has 1 aromatic carbocycles. The Morgan fingerprint density at radius 2 is 1.85 bits per heavy atom. The van der Waals surface area contributed by atoms with Crippen LogP contribution in [0.3, 0.4) is 0 Å². The van der Waals surface area contributed by atoms with Crippen molar-refractivity contribution in [3.8, 4) is 5.75 Å². The number of benzene rings is 1. The van der Waals surface area contributed by atoms with Gasteiger partial charge in [-0.3, -0.25) is 4.79 Å². The van der Waals surface area contributed by atoms with Crippen LogP contribution in [0.5, 0.6) is 5.75 Å². The van der Waals surface area contributed by atoms with Crippen molar-refractivity contribution in [3.63, 3.8) is 0 Å². The van der Waals surface area contributed by atoms with E-state index in [1.165, 1.54) is 0 Å². The van der Waals surface area contributed by atoms with Crippen molar-refractivity contribution in [2.45, 2.75) is 52.7 Å². The summed E-state index contributed by atoms with van der Waals surface area (Å²) in [4.78, 5) is 11.8. The molecule has 0 bridgehead atoms. The summed E-state index contributed by atoms with van der Waals surface area (Å²) in [6.45, 7) is 9.59. The molecule has 112 valence electrons. The van der Waals surface area contributed by atoms with Crippen molar-refractivity contribution in [1.29, 1.82) is 0 Å². The van der Waals surface area contributed by atoms with Crippen LogP contribution >= 0.6 is 0 Å². The summed E-state index contributed by atoms with van der Waals surface area (Å²) in [5.41, 5.74) is 1.65. The van der Waals surface area contributed by atoms with Gasteiger partial charge in [0.05, 0.1) is 24.7 Å². The molecule has 0 aromatic heterocycles. The Balaban J connectivity index is 2.42. The van der Waals surface area contributed by atoms with E-state index in [0.29, 0.717) is 6.61 Å². The standard InChI is InChI=1S/C16H25NO3/c1-11-8-12(2)10-14(9-11)20-7-6-15(19)17-16(4,5)13(3)18/h8-10,13,18H,6-7H2,1-5H3,(H,17,19). The van der Waals surface area contributed by atoms with Crippen LogP contribution in [-0.2, 0) is 4.79 Å². The Hall–Kier alpha value is -1.55. The van der Waals surface area contributed by atoms with Gasteiger partial charge in [0.25, 0.3) is 0 Å². The second kappa shape index (κ2) is 6.75. The van der Waals surface area contributed by atoms with E-state index >= 15 is 0 Å². The third-order valence-electron chi connectivity index (χ3n) is 3.30. The number of carbonyl (C=O) groups is 1. The first kappa shape index (κ1) is 16.5. The van der Waals surface area contributed by atoms with E-state index in [4.69, 9.17) is 4.74 Å². The molecule has 0 fully saturated rings. The minimum absolute atomic E-state index is 0.125. The van der Waals surface area contributed by atoms with Crippen molar-refractivity contribution >= 4 is 5.91 Å². The van der Waals surface area contributed by atoms with E-state index in [0.717, 1.165) is 16.9 Å². The summed E-state index contributed by atoms with van der Waals surface area (Å²) in [6, 6.07) is 5.97. The lowest BCUT2D eigenvalue weighted by Crippen LogP contribution is -2.51. The fourth-order valence-corrected chi connectivity index (χ4v) is 1.80. The van der Waals surface area contributed by atoms with Crippen molar-refractivity contribution < 1.29 is 14.6 Å². The second-order valence-corrected chi connectivity index (χ2v) is 5.87. The zero-order chi connectivity index (χ0) is 15.3. The van der Waals surface area contributed by atoms with Crippen LogP contribution in [0, 0.1) is 13.8 Å². The van der Waals surface area contributed by atoms with Crippen molar-refractivity contribution in [1.82, 2.24) is 5.32 Å². The zero-order valence-electron chi connectivity index (χ0n) is 13.0. The van der Waals surface area contributed by atoms with E-state index in [-0.39, 0.29) is 12.3 Å². The lowest BCUT2D eigenvalue weighted by Gasteiger charge is -2.29. The fourth-order valence-electron chi connectivity index (χ4n) is 1.80. The van der Waals surface area contributed by atoms with Crippen LogP contribution in [-0.4, -0.2) is 29.3 Å². The van der Waals surface area contributed by atoms with E-state index < -0.39 is 11.6 Å². The van der Waals surface area contributed by atoms with Gasteiger partial charge in [-0.15, -0.1) is 0 Å². The number of ether oxygens (including phenoxy) is 1. The van der Waals surface area contributed by atoms with Gasteiger partial charge in [0, 0.05) is 0 Å². The number of carbonyl (C=O) groups excluding carboxylic acids is 1. The number of rotatable bonds is 6. The van der Waals surface area contributed by atoms with Gasteiger partial charge in [0.2, 0.25) is 5.91 Å². The molecule has 1 atom stereocenters. The Morgan fingerprint density at radius 1 is 1.30 bits per heavy atom. The van der Waals surface area contributed by atoms with Gasteiger partial charge in [0.1, 0.15) is 5.75 Å². The topological polar surface area (TPSA) is 58.6 Å². The van der Waals surface area contributed by atoms with Crippen molar-refractivity contribution in [2.75, 3.05) is 6.61 Å². The van der Waals surface area contributed by atoms with Crippen LogP contribution in [0.4, 0.5) is 0 Å². The molecule has 2 N–H and O–H groups in total. The second-order valence-electron chi connectivity index (χ2n) is 5.87. The first-order valence-corrected chi connectivity index (χ1v) is 6.91. The summed E-state index contributed by atoms with van der Waals surface area (Å²) in [5, 5.41) is 12.3.